The Balaban J connectivity index is 1.28. The smallest absolute Gasteiger partial charge is 0.411 e. The highest BCUT2D eigenvalue weighted by molar-refractivity contribution is 5.83. The number of fused-ring (bicyclic) bond motifs is 1. The second-order valence-corrected chi connectivity index (χ2v) is 10.2. The number of H-pyrrole nitrogens is 1. The monoisotopic (exact) mass is 496 g/mol. The Labute approximate surface area is 217 Å². The number of para-hydroxylation sites is 1. The van der Waals surface area contributed by atoms with Crippen LogP contribution in [0.4, 0.5) is 4.79 Å². The fourth-order valence-electron chi connectivity index (χ4n) is 6.16. The third-order valence-corrected chi connectivity index (χ3v) is 8.36. The Morgan fingerprint density at radius 1 is 1.05 bits per heavy atom. The summed E-state index contributed by atoms with van der Waals surface area (Å²) in [6.07, 6.45) is 6.98. The summed E-state index contributed by atoms with van der Waals surface area (Å²) in [6.45, 7) is 5.13. The van der Waals surface area contributed by atoms with Crippen LogP contribution in [0, 0.1) is 0 Å². The molecule has 2 aliphatic heterocycles. The zero-order valence-electron chi connectivity index (χ0n) is 21.3. The number of carbonyl (C=O) groups excluding carboxylic acids is 1. The van der Waals surface area contributed by atoms with Crippen LogP contribution in [0.5, 0.6) is 5.75 Å². The molecule has 0 radical (unpaired) electrons. The number of piperidine rings is 1. The van der Waals surface area contributed by atoms with Crippen molar-refractivity contribution in [3.8, 4) is 5.75 Å². The molecule has 7 nitrogen and oxygen atoms in total. The van der Waals surface area contributed by atoms with E-state index in [2.05, 4.69) is 58.3 Å². The SMILES string of the molecule is COc1cccc(CN2C(=O)OC3(CCN(Cc4c[nH]c5ccccc45)CC3)C2(C)c2cccnc2)c1. The van der Waals surface area contributed by atoms with Crippen LogP contribution >= 0.6 is 0 Å². The molecule has 0 saturated carbocycles. The van der Waals surface area contributed by atoms with Crippen molar-refractivity contribution in [2.75, 3.05) is 20.2 Å². The second-order valence-electron chi connectivity index (χ2n) is 10.2. The molecule has 0 aliphatic carbocycles. The Bertz CT molecular complexity index is 1410. The van der Waals surface area contributed by atoms with Gasteiger partial charge in [0, 0.05) is 62.0 Å². The van der Waals surface area contributed by atoms with E-state index in [1.165, 1.54) is 10.9 Å². The van der Waals surface area contributed by atoms with Crippen LogP contribution in [-0.4, -0.2) is 51.7 Å². The molecule has 4 aromatic rings. The topological polar surface area (TPSA) is 70.7 Å². The standard InChI is InChI=1S/C30H32N4O3/c1-29(24-8-6-14-31-19-24)30(37-28(35)34(29)20-22-7-5-9-25(17-22)36-2)12-15-33(16-13-30)21-23-18-32-27-11-4-3-10-26(23)27/h3-11,14,17-19,32H,12-13,15-16,20-21H2,1-2H3. The highest BCUT2D eigenvalue weighted by Crippen LogP contribution is 2.52. The number of ether oxygens (including phenoxy) is 2. The first-order valence-corrected chi connectivity index (χ1v) is 12.8. The molecule has 2 aromatic heterocycles. The maximum atomic E-state index is 13.5. The molecule has 2 fully saturated rings. The average molecular weight is 497 g/mol. The van der Waals surface area contributed by atoms with Gasteiger partial charge < -0.3 is 14.5 Å². The van der Waals surface area contributed by atoms with E-state index < -0.39 is 11.1 Å². The third kappa shape index (κ3) is 3.94. The number of aromatic amines is 1. The highest BCUT2D eigenvalue weighted by Gasteiger charge is 2.63. The molecule has 1 N–H and O–H groups in total. The lowest BCUT2D eigenvalue weighted by molar-refractivity contribution is -0.0614. The maximum Gasteiger partial charge on any atom is 0.411 e. The van der Waals surface area contributed by atoms with E-state index in [4.69, 9.17) is 9.47 Å². The quantitative estimate of drug-likeness (QED) is 0.383. The van der Waals surface area contributed by atoms with E-state index in [0.717, 1.165) is 54.9 Å². The van der Waals surface area contributed by atoms with Crippen LogP contribution in [-0.2, 0) is 23.4 Å². The van der Waals surface area contributed by atoms with Gasteiger partial charge >= 0.3 is 6.09 Å². The predicted molar refractivity (Wildman–Crippen MR) is 142 cm³/mol. The molecule has 1 amide bonds. The number of hydrogen-bond donors (Lipinski definition) is 1. The lowest BCUT2D eigenvalue weighted by Gasteiger charge is -2.48. The first-order valence-electron chi connectivity index (χ1n) is 12.8. The van der Waals surface area contributed by atoms with Gasteiger partial charge in [-0.05, 0) is 47.9 Å². The summed E-state index contributed by atoms with van der Waals surface area (Å²) in [7, 11) is 1.65. The van der Waals surface area contributed by atoms with Crippen LogP contribution in [0.1, 0.15) is 36.5 Å². The number of amides is 1. The molecule has 2 aliphatic rings. The Kier molecular flexibility index (Phi) is 5.88. The van der Waals surface area contributed by atoms with Crippen molar-refractivity contribution in [2.24, 2.45) is 0 Å². The van der Waals surface area contributed by atoms with E-state index in [-0.39, 0.29) is 6.09 Å². The van der Waals surface area contributed by atoms with Crippen LogP contribution in [0.15, 0.2) is 79.3 Å². The average Bonchev–Trinajstić information content (AvgIpc) is 3.43. The summed E-state index contributed by atoms with van der Waals surface area (Å²) < 4.78 is 11.8. The third-order valence-electron chi connectivity index (χ3n) is 8.36. The van der Waals surface area contributed by atoms with Gasteiger partial charge in [-0.25, -0.2) is 4.79 Å². The second kappa shape index (κ2) is 9.23. The molecule has 1 unspecified atom stereocenters. The summed E-state index contributed by atoms with van der Waals surface area (Å²) in [5.41, 5.74) is 3.16. The summed E-state index contributed by atoms with van der Waals surface area (Å²) >= 11 is 0. The van der Waals surface area contributed by atoms with Crippen molar-refractivity contribution in [3.05, 3.63) is 95.9 Å². The molecule has 1 atom stereocenters. The number of likely N-dealkylation sites (tertiary alicyclic amines) is 1. The molecular formula is C30H32N4O3. The first kappa shape index (κ1) is 23.6. The highest BCUT2D eigenvalue weighted by atomic mass is 16.6. The largest absolute Gasteiger partial charge is 0.497 e. The van der Waals surface area contributed by atoms with Gasteiger partial charge in [0.1, 0.15) is 16.9 Å². The zero-order chi connectivity index (χ0) is 25.5. The first-order chi connectivity index (χ1) is 18.0. The Hall–Kier alpha value is -3.84. The number of aromatic nitrogens is 2. The summed E-state index contributed by atoms with van der Waals surface area (Å²) in [5.74, 6) is 0.772. The van der Waals surface area contributed by atoms with Gasteiger partial charge in [0.05, 0.1) is 13.7 Å². The molecule has 37 heavy (non-hydrogen) atoms. The van der Waals surface area contributed by atoms with Crippen molar-refractivity contribution in [1.82, 2.24) is 19.8 Å². The van der Waals surface area contributed by atoms with Crippen LogP contribution in [0.3, 0.4) is 0 Å². The Morgan fingerprint density at radius 3 is 2.68 bits per heavy atom. The normalized spacial score (nSPS) is 21.5. The van der Waals surface area contributed by atoms with E-state index in [9.17, 15) is 4.79 Å². The van der Waals surface area contributed by atoms with Gasteiger partial charge in [0.25, 0.3) is 0 Å². The van der Waals surface area contributed by atoms with Crippen LogP contribution in [0.2, 0.25) is 0 Å². The number of rotatable bonds is 6. The lowest BCUT2D eigenvalue weighted by atomic mass is 9.70. The van der Waals surface area contributed by atoms with Crippen molar-refractivity contribution in [1.29, 1.82) is 0 Å². The minimum atomic E-state index is -0.658. The van der Waals surface area contributed by atoms with Crippen molar-refractivity contribution >= 4 is 17.0 Å². The van der Waals surface area contributed by atoms with E-state index in [1.807, 2.05) is 41.4 Å². The van der Waals surface area contributed by atoms with Gasteiger partial charge in [-0.15, -0.1) is 0 Å². The number of benzene rings is 2. The van der Waals surface area contributed by atoms with Crippen molar-refractivity contribution < 1.29 is 14.3 Å². The molecule has 6 rings (SSSR count). The maximum absolute atomic E-state index is 13.5. The van der Waals surface area contributed by atoms with Crippen LogP contribution in [0.25, 0.3) is 10.9 Å². The lowest BCUT2D eigenvalue weighted by Crippen LogP contribution is -2.58. The molecule has 2 aromatic carbocycles. The fraction of sp³-hybridized carbons (Fsp3) is 0.333. The minimum absolute atomic E-state index is 0.278. The molecule has 2 saturated heterocycles. The van der Waals surface area contributed by atoms with Gasteiger partial charge in [-0.3, -0.25) is 14.8 Å². The molecular weight excluding hydrogens is 464 g/mol. The molecule has 1 spiro atoms. The van der Waals surface area contributed by atoms with E-state index in [1.54, 1.807) is 13.3 Å². The molecule has 0 bridgehead atoms. The number of nitrogens with zero attached hydrogens (tertiary/aromatic N) is 3. The van der Waals surface area contributed by atoms with Gasteiger partial charge in [0.15, 0.2) is 0 Å². The van der Waals surface area contributed by atoms with Crippen molar-refractivity contribution in [2.45, 2.75) is 44.0 Å². The molecule has 4 heterocycles. The predicted octanol–water partition coefficient (Wildman–Crippen LogP) is 5.47. The Morgan fingerprint density at radius 2 is 1.89 bits per heavy atom. The van der Waals surface area contributed by atoms with Gasteiger partial charge in [0.2, 0.25) is 0 Å². The number of carbonyl (C=O) groups is 1. The fourth-order valence-corrected chi connectivity index (χ4v) is 6.16. The number of nitrogens with one attached hydrogen (secondary N) is 1. The number of methoxy groups -OCH3 is 1. The molecule has 190 valence electrons. The molecule has 7 heteroatoms. The summed E-state index contributed by atoms with van der Waals surface area (Å²) in [4.78, 5) is 25.7. The minimum Gasteiger partial charge on any atom is -0.497 e. The van der Waals surface area contributed by atoms with Crippen LogP contribution < -0.4 is 4.74 Å². The number of hydrogen-bond acceptors (Lipinski definition) is 5. The van der Waals surface area contributed by atoms with Gasteiger partial charge in [-0.2, -0.15) is 0 Å². The zero-order valence-corrected chi connectivity index (χ0v) is 21.3. The summed E-state index contributed by atoms with van der Waals surface area (Å²) in [5, 5.41) is 1.26. The number of pyridine rings is 1. The van der Waals surface area contributed by atoms with E-state index >= 15 is 0 Å². The van der Waals surface area contributed by atoms with Gasteiger partial charge in [-0.1, -0.05) is 36.4 Å². The van der Waals surface area contributed by atoms with Crippen molar-refractivity contribution in [3.63, 3.8) is 0 Å². The summed E-state index contributed by atoms with van der Waals surface area (Å²) in [6, 6.07) is 20.3. The van der Waals surface area contributed by atoms with E-state index in [0.29, 0.717) is 6.54 Å².